The van der Waals surface area contributed by atoms with Crippen molar-refractivity contribution in [1.82, 2.24) is 9.55 Å². The Kier molecular flexibility index (Phi) is 6.35. The molecule has 1 saturated carbocycles. The number of unbranched alkanes of at least 4 members (excludes halogenated alkanes) is 1. The number of carboxylic acids is 1. The van der Waals surface area contributed by atoms with Crippen molar-refractivity contribution in [3.05, 3.63) is 76.1 Å². The molecule has 1 heterocycles. The van der Waals surface area contributed by atoms with Gasteiger partial charge in [-0.1, -0.05) is 6.07 Å². The molecule has 170 valence electrons. The van der Waals surface area contributed by atoms with Crippen molar-refractivity contribution in [2.24, 2.45) is 5.92 Å². The molecule has 1 aliphatic rings. The number of aliphatic carboxylic acids is 1. The Labute approximate surface area is 188 Å². The monoisotopic (exact) mass is 450 g/mol. The fraction of sp³-hybridized carbons (Fsp3) is 0.280. The van der Waals surface area contributed by atoms with Crippen molar-refractivity contribution in [3.8, 4) is 5.69 Å². The number of aliphatic hydroxyl groups excluding tert-OH is 1. The molecule has 1 aromatic heterocycles. The van der Waals surface area contributed by atoms with Crippen LogP contribution in [0.3, 0.4) is 0 Å². The van der Waals surface area contributed by atoms with Gasteiger partial charge in [0.1, 0.15) is 17.4 Å². The standard InChI is InChI=1S/C25H23FN2O5/c26-17-8-10-18(11-9-17)28-23(3-1-2-4-24(31)32)27-20-13-16(7-12-19(20)25(28)33)22(30)14-21(29)15-5-6-15/h7-15,30H,1-6H2,(H,31,32). The van der Waals surface area contributed by atoms with Gasteiger partial charge in [-0.05, 0) is 62.1 Å². The van der Waals surface area contributed by atoms with Gasteiger partial charge in [0.25, 0.3) is 5.56 Å². The van der Waals surface area contributed by atoms with Gasteiger partial charge in [0.2, 0.25) is 0 Å². The molecule has 4 rings (SSSR count). The maximum Gasteiger partial charge on any atom is 0.303 e. The average Bonchev–Trinajstić information content (AvgIpc) is 3.63. The fourth-order valence-electron chi connectivity index (χ4n) is 3.68. The molecule has 0 spiro atoms. The Morgan fingerprint density at radius 3 is 2.48 bits per heavy atom. The Hall–Kier alpha value is -3.81. The van der Waals surface area contributed by atoms with E-state index in [0.717, 1.165) is 12.8 Å². The number of aromatic nitrogens is 2. The number of allylic oxidation sites excluding steroid dienone is 1. The van der Waals surface area contributed by atoms with Gasteiger partial charge < -0.3 is 10.2 Å². The quantitative estimate of drug-likeness (QED) is 0.287. The van der Waals surface area contributed by atoms with Gasteiger partial charge in [0, 0.05) is 30.4 Å². The lowest BCUT2D eigenvalue weighted by molar-refractivity contribution is -0.137. The number of ketones is 1. The highest BCUT2D eigenvalue weighted by atomic mass is 19.1. The largest absolute Gasteiger partial charge is 0.507 e. The van der Waals surface area contributed by atoms with Crippen LogP contribution in [0.25, 0.3) is 22.3 Å². The Morgan fingerprint density at radius 1 is 1.09 bits per heavy atom. The van der Waals surface area contributed by atoms with Crippen LogP contribution in [0.2, 0.25) is 0 Å². The summed E-state index contributed by atoms with van der Waals surface area (Å²) in [5.74, 6) is -1.25. The van der Waals surface area contributed by atoms with Crippen LogP contribution in [-0.4, -0.2) is 31.5 Å². The lowest BCUT2D eigenvalue weighted by Crippen LogP contribution is -2.24. The van der Waals surface area contributed by atoms with Crippen molar-refractivity contribution in [1.29, 1.82) is 0 Å². The summed E-state index contributed by atoms with van der Waals surface area (Å²) in [6, 6.07) is 10.1. The lowest BCUT2D eigenvalue weighted by atomic mass is 10.1. The second-order valence-electron chi connectivity index (χ2n) is 8.18. The van der Waals surface area contributed by atoms with Crippen molar-refractivity contribution in [2.45, 2.75) is 38.5 Å². The van der Waals surface area contributed by atoms with Crippen molar-refractivity contribution < 1.29 is 24.2 Å². The van der Waals surface area contributed by atoms with E-state index in [9.17, 15) is 23.9 Å². The van der Waals surface area contributed by atoms with Crippen LogP contribution in [-0.2, 0) is 16.0 Å². The van der Waals surface area contributed by atoms with Gasteiger partial charge in [-0.25, -0.2) is 9.37 Å². The first-order chi connectivity index (χ1) is 15.8. The first-order valence-electron chi connectivity index (χ1n) is 10.8. The molecule has 0 radical (unpaired) electrons. The van der Waals surface area contributed by atoms with Gasteiger partial charge in [-0.15, -0.1) is 0 Å². The number of carboxylic acid groups (broad SMARTS) is 1. The van der Waals surface area contributed by atoms with Gasteiger partial charge in [0.15, 0.2) is 5.78 Å². The molecule has 0 atom stereocenters. The third-order valence-corrected chi connectivity index (χ3v) is 5.62. The number of rotatable bonds is 9. The summed E-state index contributed by atoms with van der Waals surface area (Å²) in [4.78, 5) is 40.8. The Morgan fingerprint density at radius 2 is 1.82 bits per heavy atom. The maximum absolute atomic E-state index is 13.4. The molecule has 3 aromatic rings. The highest BCUT2D eigenvalue weighted by Gasteiger charge is 2.28. The number of carbonyl (C=O) groups is 2. The summed E-state index contributed by atoms with van der Waals surface area (Å²) in [5, 5.41) is 19.6. The zero-order valence-corrected chi connectivity index (χ0v) is 17.8. The molecule has 1 aliphatic carbocycles. The van der Waals surface area contributed by atoms with Gasteiger partial charge in [-0.2, -0.15) is 0 Å². The number of nitrogens with zero attached hydrogens (tertiary/aromatic N) is 2. The van der Waals surface area contributed by atoms with Crippen LogP contribution < -0.4 is 5.56 Å². The number of hydrogen-bond donors (Lipinski definition) is 2. The molecule has 0 saturated heterocycles. The molecule has 33 heavy (non-hydrogen) atoms. The number of benzene rings is 2. The minimum Gasteiger partial charge on any atom is -0.507 e. The summed E-state index contributed by atoms with van der Waals surface area (Å²) in [5.41, 5.74) is 0.817. The lowest BCUT2D eigenvalue weighted by Gasteiger charge is -2.14. The topological polar surface area (TPSA) is 109 Å². The molecule has 0 bridgehead atoms. The molecule has 0 aliphatic heterocycles. The van der Waals surface area contributed by atoms with E-state index in [0.29, 0.717) is 47.2 Å². The molecule has 7 nitrogen and oxygen atoms in total. The van der Waals surface area contributed by atoms with Crippen LogP contribution >= 0.6 is 0 Å². The third-order valence-electron chi connectivity index (χ3n) is 5.62. The van der Waals surface area contributed by atoms with Crippen molar-refractivity contribution in [3.63, 3.8) is 0 Å². The predicted octanol–water partition coefficient (Wildman–Crippen LogP) is 4.20. The minimum absolute atomic E-state index is 0.00615. The van der Waals surface area contributed by atoms with Crippen LogP contribution in [0.5, 0.6) is 0 Å². The van der Waals surface area contributed by atoms with Crippen LogP contribution in [0.1, 0.15) is 43.5 Å². The SMILES string of the molecule is O=C(O)CCCCc1nc2cc(C(O)=CC(=O)C3CC3)ccc2c(=O)n1-c1ccc(F)cc1. The molecule has 2 N–H and O–H groups in total. The van der Waals surface area contributed by atoms with Gasteiger partial charge in [-0.3, -0.25) is 19.0 Å². The van der Waals surface area contributed by atoms with E-state index in [-0.39, 0.29) is 29.4 Å². The summed E-state index contributed by atoms with van der Waals surface area (Å²) in [6.45, 7) is 0. The van der Waals surface area contributed by atoms with Crippen LogP contribution in [0.4, 0.5) is 4.39 Å². The molecular formula is C25H23FN2O5. The summed E-state index contributed by atoms with van der Waals surface area (Å²) in [7, 11) is 0. The molecule has 2 aromatic carbocycles. The second-order valence-corrected chi connectivity index (χ2v) is 8.18. The molecular weight excluding hydrogens is 427 g/mol. The van der Waals surface area contributed by atoms with Crippen molar-refractivity contribution >= 4 is 28.4 Å². The van der Waals surface area contributed by atoms with E-state index in [1.165, 1.54) is 34.9 Å². The van der Waals surface area contributed by atoms with E-state index in [4.69, 9.17) is 5.11 Å². The van der Waals surface area contributed by atoms with E-state index in [2.05, 4.69) is 4.98 Å². The van der Waals surface area contributed by atoms with Crippen LogP contribution in [0.15, 0.2) is 53.3 Å². The van der Waals surface area contributed by atoms with Crippen molar-refractivity contribution in [2.75, 3.05) is 0 Å². The predicted molar refractivity (Wildman–Crippen MR) is 121 cm³/mol. The number of halogens is 1. The molecule has 8 heteroatoms. The highest BCUT2D eigenvalue weighted by molar-refractivity contribution is 5.98. The first-order valence-corrected chi connectivity index (χ1v) is 10.8. The Balaban J connectivity index is 1.76. The average molecular weight is 450 g/mol. The molecule has 0 unspecified atom stereocenters. The maximum atomic E-state index is 13.4. The Bertz CT molecular complexity index is 1310. The number of carbonyl (C=O) groups excluding carboxylic acids is 1. The van der Waals surface area contributed by atoms with E-state index < -0.39 is 11.8 Å². The van der Waals surface area contributed by atoms with Crippen LogP contribution in [0, 0.1) is 11.7 Å². The highest BCUT2D eigenvalue weighted by Crippen LogP contribution is 2.31. The third kappa shape index (κ3) is 5.16. The number of fused-ring (bicyclic) bond motifs is 1. The smallest absolute Gasteiger partial charge is 0.303 e. The van der Waals surface area contributed by atoms with Gasteiger partial charge >= 0.3 is 5.97 Å². The first kappa shape index (κ1) is 22.4. The summed E-state index contributed by atoms with van der Waals surface area (Å²) < 4.78 is 14.8. The number of hydrogen-bond acceptors (Lipinski definition) is 5. The molecule has 1 fully saturated rings. The zero-order chi connectivity index (χ0) is 23.5. The van der Waals surface area contributed by atoms with E-state index in [1.54, 1.807) is 18.2 Å². The fourth-order valence-corrected chi connectivity index (χ4v) is 3.68. The zero-order valence-electron chi connectivity index (χ0n) is 17.8. The minimum atomic E-state index is -0.898. The normalized spacial score (nSPS) is 13.9. The van der Waals surface area contributed by atoms with Gasteiger partial charge in [0.05, 0.1) is 16.6 Å². The summed E-state index contributed by atoms with van der Waals surface area (Å²) in [6.07, 6.45) is 4.12. The number of aryl methyl sites for hydroxylation is 1. The van der Waals surface area contributed by atoms with E-state index >= 15 is 0 Å². The second kappa shape index (κ2) is 9.36. The summed E-state index contributed by atoms with van der Waals surface area (Å²) >= 11 is 0. The number of aliphatic hydroxyl groups is 1. The molecule has 0 amide bonds. The van der Waals surface area contributed by atoms with E-state index in [1.807, 2.05) is 0 Å².